The van der Waals surface area contributed by atoms with E-state index < -0.39 is 24.9 Å². The lowest BCUT2D eigenvalue weighted by Gasteiger charge is -2.24. The van der Waals surface area contributed by atoms with E-state index in [1.54, 1.807) is 29.1 Å². The van der Waals surface area contributed by atoms with Crippen LogP contribution in [0, 0.1) is 0 Å². The van der Waals surface area contributed by atoms with Crippen molar-refractivity contribution >= 4 is 6.03 Å². The van der Waals surface area contributed by atoms with Crippen molar-refractivity contribution < 1.29 is 22.7 Å². The smallest absolute Gasteiger partial charge is 0.326 e. The lowest BCUT2D eigenvalue weighted by atomic mass is 10.1. The molecule has 0 fully saturated rings. The molecule has 1 aromatic carbocycles. The average molecular weight is 435 g/mol. The van der Waals surface area contributed by atoms with E-state index in [0.717, 1.165) is 23.9 Å². The zero-order chi connectivity index (χ0) is 22.2. The molecular formula is C21H24F3N5O2. The first-order chi connectivity index (χ1) is 14.9. The number of unbranched alkanes of at least 4 members (excludes halogenated alkanes) is 1. The summed E-state index contributed by atoms with van der Waals surface area (Å²) >= 11 is 0. The van der Waals surface area contributed by atoms with Gasteiger partial charge in [0.15, 0.2) is 5.83 Å². The van der Waals surface area contributed by atoms with Gasteiger partial charge in [0.05, 0.1) is 17.6 Å². The number of carbonyl (C=O) groups is 1. The molecule has 0 unspecified atom stereocenters. The van der Waals surface area contributed by atoms with Gasteiger partial charge in [-0.2, -0.15) is 0 Å². The van der Waals surface area contributed by atoms with Gasteiger partial charge >= 0.3 is 6.03 Å². The third kappa shape index (κ3) is 6.59. The molecule has 1 aromatic heterocycles. The predicted molar refractivity (Wildman–Crippen MR) is 108 cm³/mol. The number of alkyl halides is 2. The lowest BCUT2D eigenvalue weighted by Crippen LogP contribution is -2.40. The van der Waals surface area contributed by atoms with Crippen LogP contribution in [0.1, 0.15) is 24.1 Å². The number of ether oxygens (including phenoxy) is 1. The molecule has 7 nitrogen and oxygen atoms in total. The van der Waals surface area contributed by atoms with Crippen LogP contribution in [-0.4, -0.2) is 45.5 Å². The fraction of sp³-hybridized carbons (Fsp3) is 0.381. The Morgan fingerprint density at radius 3 is 2.84 bits per heavy atom. The molecule has 0 bridgehead atoms. The van der Waals surface area contributed by atoms with E-state index >= 15 is 0 Å². The summed E-state index contributed by atoms with van der Waals surface area (Å²) < 4.78 is 45.0. The molecule has 0 saturated carbocycles. The van der Waals surface area contributed by atoms with Crippen molar-refractivity contribution in [2.45, 2.75) is 38.7 Å². The normalized spacial score (nSPS) is 14.1. The molecule has 166 valence electrons. The number of amides is 2. The van der Waals surface area contributed by atoms with Gasteiger partial charge in [0.25, 0.3) is 6.43 Å². The quantitative estimate of drug-likeness (QED) is 0.545. The number of carbonyl (C=O) groups excluding carboxylic acids is 1. The minimum atomic E-state index is -2.51. The molecule has 31 heavy (non-hydrogen) atoms. The highest BCUT2D eigenvalue weighted by Crippen LogP contribution is 2.17. The van der Waals surface area contributed by atoms with Crippen LogP contribution in [0.2, 0.25) is 0 Å². The summed E-state index contributed by atoms with van der Waals surface area (Å²) in [5, 5.41) is 10.4. The van der Waals surface area contributed by atoms with Crippen molar-refractivity contribution in [1.82, 2.24) is 25.2 Å². The molecule has 2 heterocycles. The van der Waals surface area contributed by atoms with Crippen LogP contribution in [0.25, 0.3) is 0 Å². The Morgan fingerprint density at radius 2 is 2.03 bits per heavy atom. The number of hydrogen-bond acceptors (Lipinski definition) is 4. The van der Waals surface area contributed by atoms with Crippen LogP contribution in [-0.2, 0) is 19.4 Å². The Bertz CT molecular complexity index is 945. The van der Waals surface area contributed by atoms with Gasteiger partial charge in [-0.25, -0.2) is 22.6 Å². The first-order valence-corrected chi connectivity index (χ1v) is 9.94. The topological polar surface area (TPSA) is 72.3 Å². The van der Waals surface area contributed by atoms with Crippen LogP contribution in [0.3, 0.4) is 0 Å². The van der Waals surface area contributed by atoms with E-state index in [4.69, 9.17) is 4.74 Å². The van der Waals surface area contributed by atoms with E-state index in [1.807, 2.05) is 6.07 Å². The van der Waals surface area contributed by atoms with E-state index in [-0.39, 0.29) is 5.70 Å². The first kappa shape index (κ1) is 22.4. The number of hydrogen-bond donors (Lipinski definition) is 1. The molecule has 0 atom stereocenters. The summed E-state index contributed by atoms with van der Waals surface area (Å²) in [5.74, 6) is -0.141. The fourth-order valence-corrected chi connectivity index (χ4v) is 3.13. The van der Waals surface area contributed by atoms with E-state index in [0.29, 0.717) is 38.1 Å². The Labute approximate surface area is 178 Å². The summed E-state index contributed by atoms with van der Waals surface area (Å²) in [4.78, 5) is 13.1. The van der Waals surface area contributed by atoms with Crippen LogP contribution in [0.4, 0.5) is 18.0 Å². The monoisotopic (exact) mass is 435 g/mol. The maximum atomic E-state index is 13.6. The van der Waals surface area contributed by atoms with E-state index in [1.165, 1.54) is 4.90 Å². The second-order valence-corrected chi connectivity index (χ2v) is 7.08. The third-order valence-electron chi connectivity index (χ3n) is 4.74. The van der Waals surface area contributed by atoms with Gasteiger partial charge in [-0.15, -0.1) is 5.10 Å². The minimum absolute atomic E-state index is 0.0256. The van der Waals surface area contributed by atoms with E-state index in [9.17, 15) is 18.0 Å². The van der Waals surface area contributed by atoms with Crippen LogP contribution < -0.4 is 10.1 Å². The van der Waals surface area contributed by atoms with E-state index in [2.05, 4.69) is 22.2 Å². The molecule has 10 heteroatoms. The van der Waals surface area contributed by atoms with Gasteiger partial charge in [0.2, 0.25) is 0 Å². The molecule has 3 rings (SSSR count). The summed E-state index contributed by atoms with van der Waals surface area (Å²) in [5.41, 5.74) is 1.87. The minimum Gasteiger partial charge on any atom is -0.488 e. The van der Waals surface area contributed by atoms with Crippen molar-refractivity contribution in [1.29, 1.82) is 0 Å². The number of aromatic nitrogens is 3. The SMILES string of the molecule is C=C1NC(=O)N(CCCCc2cnnn2CCc2cccc(OCC(F)F)c2)C=C1F. The Morgan fingerprint density at radius 1 is 1.19 bits per heavy atom. The number of nitrogens with one attached hydrogen (secondary N) is 1. The number of aryl methyl sites for hydroxylation is 3. The summed E-state index contributed by atoms with van der Waals surface area (Å²) in [6.45, 7) is 3.76. The highest BCUT2D eigenvalue weighted by atomic mass is 19.3. The molecule has 0 aliphatic carbocycles. The number of urea groups is 1. The van der Waals surface area contributed by atoms with Crippen molar-refractivity contribution in [3.63, 3.8) is 0 Å². The number of rotatable bonds is 11. The Hall–Kier alpha value is -3.30. The highest BCUT2D eigenvalue weighted by molar-refractivity contribution is 5.79. The number of allylic oxidation sites excluding steroid dienone is 1. The van der Waals surface area contributed by atoms with Gasteiger partial charge in [-0.3, -0.25) is 4.90 Å². The molecular weight excluding hydrogens is 411 g/mol. The zero-order valence-corrected chi connectivity index (χ0v) is 16.9. The average Bonchev–Trinajstić information content (AvgIpc) is 3.19. The molecule has 1 aliphatic heterocycles. The predicted octanol–water partition coefficient (Wildman–Crippen LogP) is 3.84. The zero-order valence-electron chi connectivity index (χ0n) is 16.9. The van der Waals surface area contributed by atoms with Crippen molar-refractivity contribution in [3.05, 3.63) is 66.0 Å². The largest absolute Gasteiger partial charge is 0.488 e. The standard InChI is InChI=1S/C21H24F3N5O2/c1-15-19(22)13-28(21(30)26-15)9-3-2-6-17-12-25-27-29(17)10-8-16-5-4-7-18(11-16)31-14-20(23)24/h4-5,7,11-13,20H,1-3,6,8-10,14H2,(H,26,30). The number of halogens is 3. The second kappa shape index (κ2) is 10.6. The van der Waals surface area contributed by atoms with Crippen LogP contribution >= 0.6 is 0 Å². The Balaban J connectivity index is 1.45. The van der Waals surface area contributed by atoms with Crippen molar-refractivity contribution in [2.75, 3.05) is 13.2 Å². The Kier molecular flexibility index (Phi) is 7.69. The second-order valence-electron chi connectivity index (χ2n) is 7.08. The van der Waals surface area contributed by atoms with Gasteiger partial charge in [-0.05, 0) is 43.4 Å². The number of nitrogens with zero attached hydrogens (tertiary/aromatic N) is 4. The summed E-state index contributed by atoms with van der Waals surface area (Å²) in [6.07, 6.45) is 3.14. The maximum Gasteiger partial charge on any atom is 0.326 e. The van der Waals surface area contributed by atoms with Gasteiger partial charge in [0, 0.05) is 19.3 Å². The third-order valence-corrected chi connectivity index (χ3v) is 4.74. The fourth-order valence-electron chi connectivity index (χ4n) is 3.13. The van der Waals surface area contributed by atoms with Gasteiger partial charge < -0.3 is 10.1 Å². The summed E-state index contributed by atoms with van der Waals surface area (Å²) in [6, 6.07) is 6.66. The highest BCUT2D eigenvalue weighted by Gasteiger charge is 2.20. The van der Waals surface area contributed by atoms with Gasteiger partial charge in [0.1, 0.15) is 12.4 Å². The molecule has 0 saturated heterocycles. The van der Waals surface area contributed by atoms with Crippen LogP contribution in [0.15, 0.2) is 54.8 Å². The molecule has 2 amide bonds. The van der Waals surface area contributed by atoms with Crippen molar-refractivity contribution in [2.24, 2.45) is 0 Å². The number of benzene rings is 1. The summed E-state index contributed by atoms with van der Waals surface area (Å²) in [7, 11) is 0. The molecule has 1 aliphatic rings. The first-order valence-electron chi connectivity index (χ1n) is 9.94. The van der Waals surface area contributed by atoms with Crippen molar-refractivity contribution in [3.8, 4) is 5.75 Å². The molecule has 0 spiro atoms. The maximum absolute atomic E-state index is 13.6. The van der Waals surface area contributed by atoms with Gasteiger partial charge in [-0.1, -0.05) is 23.9 Å². The molecule has 0 radical (unpaired) electrons. The van der Waals surface area contributed by atoms with Crippen LogP contribution in [0.5, 0.6) is 5.75 Å². The molecule has 1 N–H and O–H groups in total. The molecule has 2 aromatic rings. The lowest BCUT2D eigenvalue weighted by molar-refractivity contribution is 0.0818.